The molecule has 9 heteroatoms. The summed E-state index contributed by atoms with van der Waals surface area (Å²) in [4.78, 5) is 11.6. The lowest BCUT2D eigenvalue weighted by molar-refractivity contribution is 0.0602. The van der Waals surface area contributed by atoms with E-state index in [9.17, 15) is 13.2 Å². The zero-order valence-electron chi connectivity index (χ0n) is 13.6. The average molecular weight is 357 g/mol. The number of esters is 1. The van der Waals surface area contributed by atoms with Gasteiger partial charge >= 0.3 is 5.97 Å². The first kappa shape index (κ1) is 17.5. The molecule has 126 valence electrons. The first-order chi connectivity index (χ1) is 10.6. The fourth-order valence-electron chi connectivity index (χ4n) is 1.87. The second kappa shape index (κ2) is 5.97. The number of ether oxygens (including phenoxy) is 1. The third-order valence-corrected chi connectivity index (χ3v) is 5.60. The molecule has 0 aliphatic carbocycles. The Labute approximate surface area is 139 Å². The molecule has 0 unspecified atom stereocenters. The monoisotopic (exact) mass is 357 g/mol. The van der Waals surface area contributed by atoms with Gasteiger partial charge in [-0.05, 0) is 11.4 Å². The van der Waals surface area contributed by atoms with Crippen molar-refractivity contribution < 1.29 is 17.9 Å². The number of carbonyl (C=O) groups excluding carboxylic acids is 1. The highest BCUT2D eigenvalue weighted by Crippen LogP contribution is 2.27. The van der Waals surface area contributed by atoms with E-state index >= 15 is 0 Å². The lowest BCUT2D eigenvalue weighted by atomic mass is 9.92. The number of sulfonamides is 1. The number of thiophene rings is 1. The van der Waals surface area contributed by atoms with Crippen molar-refractivity contribution in [2.75, 3.05) is 11.8 Å². The predicted octanol–water partition coefficient (Wildman–Crippen LogP) is 2.37. The summed E-state index contributed by atoms with van der Waals surface area (Å²) in [7, 11) is -1.05. The molecule has 0 aliphatic heterocycles. The molecular weight excluding hydrogens is 338 g/mol. The normalized spacial score (nSPS) is 12.2. The summed E-state index contributed by atoms with van der Waals surface area (Å²) in [5.41, 5.74) is 0.553. The van der Waals surface area contributed by atoms with Crippen LogP contribution in [0, 0.1) is 0 Å². The molecule has 0 bridgehead atoms. The summed E-state index contributed by atoms with van der Waals surface area (Å²) in [6, 6.07) is 3.06. The summed E-state index contributed by atoms with van der Waals surface area (Å²) in [6.07, 6.45) is 0. The summed E-state index contributed by atoms with van der Waals surface area (Å²) in [6.45, 7) is 5.96. The van der Waals surface area contributed by atoms with Crippen LogP contribution in [0.3, 0.4) is 0 Å². The number of hydrogen-bond donors (Lipinski definition) is 1. The number of methoxy groups -OCH3 is 1. The zero-order chi connectivity index (χ0) is 17.4. The van der Waals surface area contributed by atoms with Crippen LogP contribution in [0.2, 0.25) is 0 Å². The molecule has 2 aromatic rings. The van der Waals surface area contributed by atoms with Crippen LogP contribution in [0.4, 0.5) is 5.82 Å². The SMILES string of the molecule is COC(=O)c1sccc1S(=O)(=O)Nc1cc(C(C)(C)C)nn1C. The smallest absolute Gasteiger partial charge is 0.349 e. The largest absolute Gasteiger partial charge is 0.465 e. The third kappa shape index (κ3) is 3.56. The van der Waals surface area contributed by atoms with Gasteiger partial charge in [0.1, 0.15) is 15.6 Å². The Morgan fingerprint density at radius 2 is 2.04 bits per heavy atom. The van der Waals surface area contributed by atoms with Crippen LogP contribution in [0.25, 0.3) is 0 Å². The van der Waals surface area contributed by atoms with Gasteiger partial charge in [-0.2, -0.15) is 5.10 Å². The number of hydrogen-bond acceptors (Lipinski definition) is 6. The van der Waals surface area contributed by atoms with Gasteiger partial charge in [-0.15, -0.1) is 11.3 Å². The van der Waals surface area contributed by atoms with Crippen molar-refractivity contribution in [3.8, 4) is 0 Å². The van der Waals surface area contributed by atoms with Crippen molar-refractivity contribution >= 4 is 33.1 Å². The number of aryl methyl sites for hydroxylation is 1. The Morgan fingerprint density at radius 3 is 2.57 bits per heavy atom. The summed E-state index contributed by atoms with van der Waals surface area (Å²) in [5, 5.41) is 5.85. The van der Waals surface area contributed by atoms with E-state index in [1.54, 1.807) is 13.1 Å². The Bertz CT molecular complexity index is 829. The van der Waals surface area contributed by atoms with Crippen molar-refractivity contribution in [1.82, 2.24) is 9.78 Å². The van der Waals surface area contributed by atoms with E-state index in [-0.39, 0.29) is 15.2 Å². The van der Waals surface area contributed by atoms with Crippen molar-refractivity contribution in [3.05, 3.63) is 28.1 Å². The van der Waals surface area contributed by atoms with E-state index in [1.807, 2.05) is 20.8 Å². The Morgan fingerprint density at radius 1 is 1.39 bits per heavy atom. The molecule has 0 aliphatic rings. The minimum Gasteiger partial charge on any atom is -0.465 e. The average Bonchev–Trinajstić information content (AvgIpc) is 3.05. The van der Waals surface area contributed by atoms with Crippen LogP contribution >= 0.6 is 11.3 Å². The van der Waals surface area contributed by atoms with Crippen molar-refractivity contribution in [3.63, 3.8) is 0 Å². The number of nitrogens with one attached hydrogen (secondary N) is 1. The van der Waals surface area contributed by atoms with Gasteiger partial charge in [0.05, 0.1) is 12.8 Å². The highest BCUT2D eigenvalue weighted by atomic mass is 32.2. The first-order valence-electron chi connectivity index (χ1n) is 6.79. The Kier molecular flexibility index (Phi) is 4.54. The van der Waals surface area contributed by atoms with Gasteiger partial charge in [-0.1, -0.05) is 20.8 Å². The van der Waals surface area contributed by atoms with E-state index < -0.39 is 16.0 Å². The molecule has 0 aromatic carbocycles. The fraction of sp³-hybridized carbons (Fsp3) is 0.429. The van der Waals surface area contributed by atoms with Crippen molar-refractivity contribution in [1.29, 1.82) is 0 Å². The molecule has 2 heterocycles. The number of rotatable bonds is 4. The van der Waals surface area contributed by atoms with Gasteiger partial charge in [-0.3, -0.25) is 9.40 Å². The number of carbonyl (C=O) groups is 1. The summed E-state index contributed by atoms with van der Waals surface area (Å²) < 4.78 is 33.7. The second-order valence-electron chi connectivity index (χ2n) is 6.00. The van der Waals surface area contributed by atoms with Gasteiger partial charge in [-0.25, -0.2) is 13.2 Å². The van der Waals surface area contributed by atoms with Crippen LogP contribution in [0.1, 0.15) is 36.1 Å². The van der Waals surface area contributed by atoms with Crippen molar-refractivity contribution in [2.45, 2.75) is 31.1 Å². The maximum Gasteiger partial charge on any atom is 0.349 e. The molecule has 0 spiro atoms. The Hall–Kier alpha value is -1.87. The molecule has 0 atom stereocenters. The first-order valence-corrected chi connectivity index (χ1v) is 9.15. The van der Waals surface area contributed by atoms with E-state index in [1.165, 1.54) is 23.2 Å². The molecule has 2 aromatic heterocycles. The van der Waals surface area contributed by atoms with E-state index in [4.69, 9.17) is 0 Å². The maximum absolute atomic E-state index is 12.6. The molecule has 0 fully saturated rings. The predicted molar refractivity (Wildman–Crippen MR) is 88.4 cm³/mol. The summed E-state index contributed by atoms with van der Waals surface area (Å²) >= 11 is 1.02. The lowest BCUT2D eigenvalue weighted by Crippen LogP contribution is -2.17. The molecule has 23 heavy (non-hydrogen) atoms. The maximum atomic E-state index is 12.6. The minimum atomic E-state index is -3.91. The molecule has 0 saturated heterocycles. The van der Waals surface area contributed by atoms with Gasteiger partial charge in [0, 0.05) is 18.5 Å². The number of nitrogens with zero attached hydrogens (tertiary/aromatic N) is 2. The van der Waals surface area contributed by atoms with Gasteiger partial charge in [0.15, 0.2) is 0 Å². The summed E-state index contributed by atoms with van der Waals surface area (Å²) in [5.74, 6) is -0.349. The molecule has 1 N–H and O–H groups in total. The molecule has 7 nitrogen and oxygen atoms in total. The second-order valence-corrected chi connectivity index (χ2v) is 8.57. The lowest BCUT2D eigenvalue weighted by Gasteiger charge is -2.13. The van der Waals surface area contributed by atoms with Gasteiger partial charge in [0.25, 0.3) is 10.0 Å². The highest BCUT2D eigenvalue weighted by molar-refractivity contribution is 7.93. The van der Waals surface area contributed by atoms with Crippen LogP contribution < -0.4 is 4.72 Å². The molecular formula is C14H19N3O4S2. The van der Waals surface area contributed by atoms with E-state index in [0.717, 1.165) is 17.0 Å². The number of aromatic nitrogens is 2. The number of anilines is 1. The highest BCUT2D eigenvalue weighted by Gasteiger charge is 2.27. The van der Waals surface area contributed by atoms with Crippen molar-refractivity contribution in [2.24, 2.45) is 7.05 Å². The molecule has 0 radical (unpaired) electrons. The molecule has 2 rings (SSSR count). The molecule has 0 amide bonds. The van der Waals surface area contributed by atoms with Gasteiger partial charge < -0.3 is 4.74 Å². The Balaban J connectivity index is 2.39. The fourth-order valence-corrected chi connectivity index (χ4v) is 4.29. The van der Waals surface area contributed by atoms with Crippen LogP contribution in [0.15, 0.2) is 22.4 Å². The van der Waals surface area contributed by atoms with E-state index in [2.05, 4.69) is 14.6 Å². The van der Waals surface area contributed by atoms with E-state index in [0.29, 0.717) is 5.82 Å². The standard InChI is InChI=1S/C14H19N3O4S2/c1-14(2,3)10-8-11(17(4)15-10)16-23(19,20)9-6-7-22-12(9)13(18)21-5/h6-8,16H,1-5H3. The van der Waals surface area contributed by atoms with Gasteiger partial charge in [0.2, 0.25) is 0 Å². The topological polar surface area (TPSA) is 90.3 Å². The quantitative estimate of drug-likeness (QED) is 0.849. The zero-order valence-corrected chi connectivity index (χ0v) is 15.2. The van der Waals surface area contributed by atoms with Crippen LogP contribution in [-0.4, -0.2) is 31.3 Å². The third-order valence-electron chi connectivity index (χ3n) is 3.18. The van der Waals surface area contributed by atoms with Crippen LogP contribution in [-0.2, 0) is 27.2 Å². The van der Waals surface area contributed by atoms with Crippen LogP contribution in [0.5, 0.6) is 0 Å². The molecule has 0 saturated carbocycles. The minimum absolute atomic E-state index is 0.0400.